The lowest BCUT2D eigenvalue weighted by atomic mass is 9.96. The molecule has 1 fully saturated rings. The van der Waals surface area contributed by atoms with Crippen LogP contribution in [0, 0.1) is 0 Å². The van der Waals surface area contributed by atoms with Gasteiger partial charge in [0.1, 0.15) is 24.2 Å². The van der Waals surface area contributed by atoms with Gasteiger partial charge in [0, 0.05) is 31.1 Å². The number of ether oxygens (including phenoxy) is 1. The number of piperidine rings is 1. The third-order valence-electron chi connectivity index (χ3n) is 5.33. The van der Waals surface area contributed by atoms with Gasteiger partial charge in [0.2, 0.25) is 0 Å². The fraction of sp³-hybridized carbons (Fsp3) is 0.474. The molecule has 0 saturated carbocycles. The molecule has 1 saturated heterocycles. The summed E-state index contributed by atoms with van der Waals surface area (Å²) < 4.78 is 8.98. The minimum absolute atomic E-state index is 0.127. The number of aromatic nitrogens is 7. The van der Waals surface area contributed by atoms with E-state index >= 15 is 0 Å². The molecule has 0 radical (unpaired) electrons. The van der Waals surface area contributed by atoms with Crippen molar-refractivity contribution in [1.82, 2.24) is 39.9 Å². The topological polar surface area (TPSA) is 104 Å². The number of benzene rings is 1. The van der Waals surface area contributed by atoms with Crippen LogP contribution in [0.4, 0.5) is 0 Å². The SMILES string of the molecule is COc1cc(-n2cnnn2)c(Cl)cc1C(=O)N1CCCC(c2nncn2C(C)C)C1. The van der Waals surface area contributed by atoms with Crippen molar-refractivity contribution < 1.29 is 9.53 Å². The molecule has 1 atom stereocenters. The molecule has 0 spiro atoms. The first-order valence-electron chi connectivity index (χ1n) is 9.79. The van der Waals surface area contributed by atoms with E-state index in [2.05, 4.69) is 44.1 Å². The van der Waals surface area contributed by atoms with Crippen LogP contribution in [0.5, 0.6) is 5.75 Å². The number of nitrogens with zero attached hydrogens (tertiary/aromatic N) is 8. The highest BCUT2D eigenvalue weighted by Gasteiger charge is 2.30. The molecule has 0 aliphatic carbocycles. The first-order chi connectivity index (χ1) is 14.5. The highest BCUT2D eigenvalue weighted by atomic mass is 35.5. The third-order valence-corrected chi connectivity index (χ3v) is 5.63. The van der Waals surface area contributed by atoms with Crippen molar-refractivity contribution in [1.29, 1.82) is 0 Å². The summed E-state index contributed by atoms with van der Waals surface area (Å²) in [6, 6.07) is 3.54. The maximum Gasteiger partial charge on any atom is 0.257 e. The molecule has 11 heteroatoms. The molecule has 3 aromatic rings. The van der Waals surface area contributed by atoms with Gasteiger partial charge in [-0.15, -0.1) is 15.3 Å². The molecule has 0 N–H and O–H groups in total. The number of hydrogen-bond acceptors (Lipinski definition) is 7. The summed E-state index contributed by atoms with van der Waals surface area (Å²) in [5.41, 5.74) is 0.946. The molecule has 1 aliphatic rings. The van der Waals surface area contributed by atoms with E-state index in [0.29, 0.717) is 35.1 Å². The number of tetrazole rings is 1. The number of rotatable bonds is 5. The standard InChI is InChI=1S/C19H23ClN8O2/c1-12(2)27-10-21-23-18(27)13-5-4-6-26(9-13)19(29)14-7-15(20)16(8-17(14)30-3)28-11-22-24-25-28/h7-8,10-13H,4-6,9H2,1-3H3. The van der Waals surface area contributed by atoms with Crippen LogP contribution in [-0.4, -0.2) is 66.0 Å². The lowest BCUT2D eigenvalue weighted by Gasteiger charge is -2.33. The zero-order valence-corrected chi connectivity index (χ0v) is 17.8. The molecule has 1 aliphatic heterocycles. The van der Waals surface area contributed by atoms with E-state index in [-0.39, 0.29) is 17.9 Å². The second-order valence-electron chi connectivity index (χ2n) is 7.54. The summed E-state index contributed by atoms with van der Waals surface area (Å²) >= 11 is 6.43. The Morgan fingerprint density at radius 1 is 1.27 bits per heavy atom. The quantitative estimate of drug-likeness (QED) is 0.612. The van der Waals surface area contributed by atoms with E-state index < -0.39 is 0 Å². The summed E-state index contributed by atoms with van der Waals surface area (Å²) in [7, 11) is 1.52. The van der Waals surface area contributed by atoms with Crippen molar-refractivity contribution in [3.8, 4) is 11.4 Å². The highest BCUT2D eigenvalue weighted by molar-refractivity contribution is 6.33. The third kappa shape index (κ3) is 3.74. The van der Waals surface area contributed by atoms with E-state index in [9.17, 15) is 4.79 Å². The Morgan fingerprint density at radius 3 is 2.80 bits per heavy atom. The first kappa shape index (κ1) is 20.3. The van der Waals surface area contributed by atoms with Crippen molar-refractivity contribution in [2.45, 2.75) is 38.6 Å². The molecule has 10 nitrogen and oxygen atoms in total. The predicted molar refractivity (Wildman–Crippen MR) is 109 cm³/mol. The van der Waals surface area contributed by atoms with Crippen molar-refractivity contribution in [3.05, 3.63) is 41.2 Å². The smallest absolute Gasteiger partial charge is 0.257 e. The second-order valence-corrected chi connectivity index (χ2v) is 7.95. The zero-order valence-electron chi connectivity index (χ0n) is 17.1. The van der Waals surface area contributed by atoms with Gasteiger partial charge in [-0.1, -0.05) is 11.6 Å². The van der Waals surface area contributed by atoms with Gasteiger partial charge in [-0.3, -0.25) is 4.79 Å². The average molecular weight is 431 g/mol. The van der Waals surface area contributed by atoms with Gasteiger partial charge in [0.15, 0.2) is 0 Å². The monoisotopic (exact) mass is 430 g/mol. The van der Waals surface area contributed by atoms with Crippen molar-refractivity contribution in [3.63, 3.8) is 0 Å². The molecule has 1 aromatic carbocycles. The number of hydrogen-bond donors (Lipinski definition) is 0. The predicted octanol–water partition coefficient (Wildman–Crippen LogP) is 2.52. The lowest BCUT2D eigenvalue weighted by molar-refractivity contribution is 0.0699. The van der Waals surface area contributed by atoms with Crippen LogP contribution < -0.4 is 4.74 Å². The molecule has 158 valence electrons. The van der Waals surface area contributed by atoms with Crippen LogP contribution in [0.2, 0.25) is 5.02 Å². The summed E-state index contributed by atoms with van der Waals surface area (Å²) in [4.78, 5) is 15.2. The van der Waals surface area contributed by atoms with Gasteiger partial charge in [0.05, 0.1) is 23.4 Å². The van der Waals surface area contributed by atoms with Gasteiger partial charge in [-0.05, 0) is 43.2 Å². The number of halogens is 1. The van der Waals surface area contributed by atoms with Crippen LogP contribution in [0.15, 0.2) is 24.8 Å². The summed E-state index contributed by atoms with van der Waals surface area (Å²) in [6.45, 7) is 5.43. The second kappa shape index (κ2) is 8.39. The van der Waals surface area contributed by atoms with Crippen LogP contribution in [0.1, 0.15) is 54.8 Å². The van der Waals surface area contributed by atoms with Gasteiger partial charge < -0.3 is 14.2 Å². The number of carbonyl (C=O) groups excluding carboxylic acids is 1. The number of methoxy groups -OCH3 is 1. The van der Waals surface area contributed by atoms with Crippen molar-refractivity contribution >= 4 is 17.5 Å². The van der Waals surface area contributed by atoms with Crippen LogP contribution in [0.25, 0.3) is 5.69 Å². The van der Waals surface area contributed by atoms with Crippen LogP contribution >= 0.6 is 11.6 Å². The maximum absolute atomic E-state index is 13.4. The molecule has 2 aromatic heterocycles. The van der Waals surface area contributed by atoms with Gasteiger partial charge in [-0.2, -0.15) is 4.68 Å². The van der Waals surface area contributed by atoms with Crippen molar-refractivity contribution in [2.24, 2.45) is 0 Å². The molecule has 1 unspecified atom stereocenters. The Bertz CT molecular complexity index is 1030. The maximum atomic E-state index is 13.4. The molecular formula is C19H23ClN8O2. The Balaban J connectivity index is 1.61. The van der Waals surface area contributed by atoms with Gasteiger partial charge in [-0.25, -0.2) is 0 Å². The fourth-order valence-corrected chi connectivity index (χ4v) is 4.06. The van der Waals surface area contributed by atoms with E-state index in [1.54, 1.807) is 18.5 Å². The Morgan fingerprint density at radius 2 is 2.10 bits per heavy atom. The van der Waals surface area contributed by atoms with Crippen LogP contribution in [-0.2, 0) is 0 Å². The van der Waals surface area contributed by atoms with Crippen LogP contribution in [0.3, 0.4) is 0 Å². The summed E-state index contributed by atoms with van der Waals surface area (Å²) in [5.74, 6) is 1.34. The Hall–Kier alpha value is -3.01. The normalized spacial score (nSPS) is 16.8. The van der Waals surface area contributed by atoms with Gasteiger partial charge in [0.25, 0.3) is 5.91 Å². The molecule has 0 bridgehead atoms. The van der Waals surface area contributed by atoms with E-state index in [1.165, 1.54) is 18.1 Å². The van der Waals surface area contributed by atoms with Gasteiger partial charge >= 0.3 is 0 Å². The average Bonchev–Trinajstić information content (AvgIpc) is 3.45. The summed E-state index contributed by atoms with van der Waals surface area (Å²) in [5, 5.41) is 19.9. The Labute approximate surface area is 178 Å². The molecule has 30 heavy (non-hydrogen) atoms. The first-order valence-corrected chi connectivity index (χ1v) is 10.2. The Kier molecular flexibility index (Phi) is 5.67. The largest absolute Gasteiger partial charge is 0.496 e. The summed E-state index contributed by atoms with van der Waals surface area (Å²) in [6.07, 6.45) is 5.04. The van der Waals surface area contributed by atoms with Crippen molar-refractivity contribution in [2.75, 3.05) is 20.2 Å². The molecular weight excluding hydrogens is 408 g/mol. The lowest BCUT2D eigenvalue weighted by Crippen LogP contribution is -2.40. The fourth-order valence-electron chi connectivity index (χ4n) is 3.81. The number of carbonyl (C=O) groups is 1. The minimum Gasteiger partial charge on any atom is -0.496 e. The zero-order chi connectivity index (χ0) is 21.3. The van der Waals surface area contributed by atoms with E-state index in [1.807, 2.05) is 4.90 Å². The minimum atomic E-state index is -0.127. The van der Waals surface area contributed by atoms with E-state index in [0.717, 1.165) is 18.7 Å². The highest BCUT2D eigenvalue weighted by Crippen LogP contribution is 2.33. The molecule has 1 amide bonds. The molecule has 3 heterocycles. The number of amides is 1. The van der Waals surface area contributed by atoms with E-state index in [4.69, 9.17) is 16.3 Å². The number of likely N-dealkylation sites (tertiary alicyclic amines) is 1. The molecule has 4 rings (SSSR count).